The van der Waals surface area contributed by atoms with Gasteiger partial charge in [-0.2, -0.15) is 0 Å². The Bertz CT molecular complexity index is 1440. The number of carbonyl (C=O) groups is 2. The topological polar surface area (TPSA) is 67.9 Å². The van der Waals surface area contributed by atoms with Crippen molar-refractivity contribution in [3.05, 3.63) is 90.5 Å². The molecular weight excluding hydrogens is 646 g/mol. The Labute approximate surface area is 243 Å². The molecule has 190 valence electrons. The zero-order chi connectivity index (χ0) is 26.7. The van der Waals surface area contributed by atoms with E-state index in [0.717, 1.165) is 19.6 Å². The first-order valence-corrected chi connectivity index (χ1v) is 13.4. The summed E-state index contributed by atoms with van der Waals surface area (Å²) in [6.45, 7) is 4.67. The van der Waals surface area contributed by atoms with Gasteiger partial charge >= 0.3 is 0 Å². The first-order chi connectivity index (χ1) is 17.7. The number of ether oxygens (including phenoxy) is 2. The Balaban J connectivity index is 1.68. The molecule has 0 radical (unpaired) electrons. The molecule has 0 spiro atoms. The van der Waals surface area contributed by atoms with Crippen molar-refractivity contribution in [3.63, 3.8) is 0 Å². The number of rotatable bonds is 7. The summed E-state index contributed by atoms with van der Waals surface area (Å²) in [6, 6.07) is 16.4. The van der Waals surface area contributed by atoms with Gasteiger partial charge in [-0.15, -0.1) is 0 Å². The molecule has 3 aromatic carbocycles. The lowest BCUT2D eigenvalue weighted by Gasteiger charge is -2.29. The molecule has 4 rings (SSSR count). The van der Waals surface area contributed by atoms with Gasteiger partial charge in [-0.05, 0) is 90.1 Å². The van der Waals surface area contributed by atoms with E-state index in [1.807, 2.05) is 38.1 Å². The lowest BCUT2D eigenvalue weighted by atomic mass is 10.1. The van der Waals surface area contributed by atoms with E-state index in [2.05, 4.69) is 34.0 Å². The molecule has 0 atom stereocenters. The Morgan fingerprint density at radius 3 is 2.57 bits per heavy atom. The smallest absolute Gasteiger partial charge is 0.270 e. The summed E-state index contributed by atoms with van der Waals surface area (Å²) in [7, 11) is 0. The molecule has 1 aliphatic heterocycles. The fourth-order valence-corrected chi connectivity index (χ4v) is 5.17. The van der Waals surface area contributed by atoms with Crippen molar-refractivity contribution >= 4 is 86.7 Å². The number of nitrogens with one attached hydrogen (secondary N) is 1. The first-order valence-electron chi connectivity index (χ1n) is 11.2. The van der Waals surface area contributed by atoms with Crippen molar-refractivity contribution in [2.45, 2.75) is 20.5 Å². The summed E-state index contributed by atoms with van der Waals surface area (Å²) in [5.41, 5.74) is 2.92. The SMILES string of the molecule is CCOc1cc(/C=C2\C(=O)NC(=S)N(c3cccc(Cl)c3Cl)C2=O)cc(I)c1OCc1cccc(C)c1. The molecule has 0 unspecified atom stereocenters. The van der Waals surface area contributed by atoms with Crippen LogP contribution in [0.2, 0.25) is 10.0 Å². The summed E-state index contributed by atoms with van der Waals surface area (Å²) in [5, 5.41) is 2.88. The van der Waals surface area contributed by atoms with Crippen molar-refractivity contribution in [2.75, 3.05) is 11.5 Å². The van der Waals surface area contributed by atoms with Crippen LogP contribution in [0.25, 0.3) is 6.08 Å². The van der Waals surface area contributed by atoms with Gasteiger partial charge in [0.15, 0.2) is 16.6 Å². The minimum absolute atomic E-state index is 0.0826. The monoisotopic (exact) mass is 666 g/mol. The number of thiocarbonyl (C=S) groups is 1. The zero-order valence-electron chi connectivity index (χ0n) is 19.8. The zero-order valence-corrected chi connectivity index (χ0v) is 24.3. The summed E-state index contributed by atoms with van der Waals surface area (Å²) in [4.78, 5) is 27.3. The fraction of sp³-hybridized carbons (Fsp3) is 0.148. The van der Waals surface area contributed by atoms with Crippen LogP contribution < -0.4 is 19.7 Å². The second kappa shape index (κ2) is 11.8. The third-order valence-corrected chi connectivity index (χ3v) is 7.28. The highest BCUT2D eigenvalue weighted by molar-refractivity contribution is 14.1. The molecule has 1 N–H and O–H groups in total. The van der Waals surface area contributed by atoms with E-state index in [4.69, 9.17) is 44.9 Å². The lowest BCUT2D eigenvalue weighted by molar-refractivity contribution is -0.122. The highest BCUT2D eigenvalue weighted by Gasteiger charge is 2.35. The Hall–Kier alpha value is -2.66. The average Bonchev–Trinajstić information content (AvgIpc) is 2.84. The highest BCUT2D eigenvalue weighted by atomic mass is 127. The Kier molecular flexibility index (Phi) is 8.74. The predicted molar refractivity (Wildman–Crippen MR) is 159 cm³/mol. The molecule has 1 heterocycles. The van der Waals surface area contributed by atoms with Crippen LogP contribution in [0.4, 0.5) is 5.69 Å². The second-order valence-corrected chi connectivity index (χ2v) is 10.4. The summed E-state index contributed by atoms with van der Waals surface area (Å²) in [5.74, 6) is -0.148. The van der Waals surface area contributed by atoms with E-state index in [9.17, 15) is 9.59 Å². The number of halogens is 3. The molecule has 37 heavy (non-hydrogen) atoms. The number of anilines is 1. The van der Waals surface area contributed by atoms with E-state index >= 15 is 0 Å². The summed E-state index contributed by atoms with van der Waals surface area (Å²) >= 11 is 19.9. The van der Waals surface area contributed by atoms with Gasteiger partial charge in [-0.1, -0.05) is 59.1 Å². The van der Waals surface area contributed by atoms with Crippen molar-refractivity contribution in [3.8, 4) is 11.5 Å². The standard InChI is InChI=1S/C27H21Cl2IN2O4S/c1-3-35-22-13-17(12-20(30)24(22)36-14-16-7-4-6-15(2)10-16)11-18-25(33)31-27(37)32(26(18)34)21-9-5-8-19(28)23(21)29/h4-13H,3,14H2,1-2H3,(H,31,33,37)/b18-11+. The van der Waals surface area contributed by atoms with Crippen molar-refractivity contribution < 1.29 is 19.1 Å². The molecule has 0 bridgehead atoms. The van der Waals surface area contributed by atoms with Gasteiger partial charge in [0.2, 0.25) is 0 Å². The minimum atomic E-state index is -0.620. The van der Waals surface area contributed by atoms with Crippen molar-refractivity contribution in [1.82, 2.24) is 5.32 Å². The first kappa shape index (κ1) is 27.4. The molecule has 6 nitrogen and oxygen atoms in total. The van der Waals surface area contributed by atoms with E-state index in [-0.39, 0.29) is 26.4 Å². The van der Waals surface area contributed by atoms with E-state index in [0.29, 0.717) is 30.3 Å². The third-order valence-electron chi connectivity index (χ3n) is 5.38. The van der Waals surface area contributed by atoms with Crippen molar-refractivity contribution in [1.29, 1.82) is 0 Å². The van der Waals surface area contributed by atoms with Crippen LogP contribution in [0.1, 0.15) is 23.6 Å². The number of hydrogen-bond acceptors (Lipinski definition) is 5. The number of amides is 2. The molecule has 3 aromatic rings. The van der Waals surface area contributed by atoms with E-state index in [1.54, 1.807) is 24.3 Å². The van der Waals surface area contributed by atoms with Gasteiger partial charge in [-0.25, -0.2) is 0 Å². The van der Waals surface area contributed by atoms with Gasteiger partial charge in [0.25, 0.3) is 11.8 Å². The van der Waals surface area contributed by atoms with Crippen molar-refractivity contribution in [2.24, 2.45) is 0 Å². The number of aryl methyl sites for hydroxylation is 1. The van der Waals surface area contributed by atoms with Gasteiger partial charge in [0.1, 0.15) is 12.2 Å². The normalized spacial score (nSPS) is 14.7. The van der Waals surface area contributed by atoms with Gasteiger partial charge in [-0.3, -0.25) is 19.8 Å². The molecular formula is C27H21Cl2IN2O4S. The van der Waals surface area contributed by atoms with Gasteiger partial charge < -0.3 is 9.47 Å². The van der Waals surface area contributed by atoms with E-state index in [1.165, 1.54) is 6.08 Å². The summed E-state index contributed by atoms with van der Waals surface area (Å²) in [6.07, 6.45) is 1.49. The molecule has 1 aliphatic rings. The lowest BCUT2D eigenvalue weighted by Crippen LogP contribution is -2.54. The van der Waals surface area contributed by atoms with Gasteiger partial charge in [0, 0.05) is 0 Å². The largest absolute Gasteiger partial charge is 0.490 e. The third kappa shape index (κ3) is 6.09. The molecule has 0 aliphatic carbocycles. The van der Waals surface area contributed by atoms with Crippen LogP contribution in [-0.2, 0) is 16.2 Å². The van der Waals surface area contributed by atoms with Crippen LogP contribution in [0.3, 0.4) is 0 Å². The number of nitrogens with zero attached hydrogens (tertiary/aromatic N) is 1. The number of benzene rings is 3. The minimum Gasteiger partial charge on any atom is -0.490 e. The van der Waals surface area contributed by atoms with Crippen LogP contribution in [0.15, 0.2) is 60.2 Å². The number of hydrogen-bond donors (Lipinski definition) is 1. The summed E-state index contributed by atoms with van der Waals surface area (Å²) < 4.78 is 12.7. The fourth-order valence-electron chi connectivity index (χ4n) is 3.74. The maximum Gasteiger partial charge on any atom is 0.270 e. The molecule has 2 amide bonds. The maximum absolute atomic E-state index is 13.4. The maximum atomic E-state index is 13.4. The molecule has 0 aromatic heterocycles. The van der Waals surface area contributed by atoms with Gasteiger partial charge in [0.05, 0.1) is 25.9 Å². The second-order valence-electron chi connectivity index (χ2n) is 8.07. The Morgan fingerprint density at radius 2 is 1.84 bits per heavy atom. The molecule has 10 heteroatoms. The molecule has 1 saturated heterocycles. The highest BCUT2D eigenvalue weighted by Crippen LogP contribution is 2.37. The van der Waals surface area contributed by atoms with Crippen LogP contribution in [0.5, 0.6) is 11.5 Å². The molecule has 0 saturated carbocycles. The quantitative estimate of drug-likeness (QED) is 0.131. The predicted octanol–water partition coefficient (Wildman–Crippen LogP) is 6.72. The number of carbonyl (C=O) groups excluding carboxylic acids is 2. The van der Waals surface area contributed by atoms with Crippen LogP contribution in [-0.4, -0.2) is 23.5 Å². The van der Waals surface area contributed by atoms with Crippen LogP contribution >= 0.6 is 58.0 Å². The Morgan fingerprint density at radius 1 is 1.08 bits per heavy atom. The average molecular weight is 667 g/mol. The van der Waals surface area contributed by atoms with Crippen LogP contribution in [0, 0.1) is 10.5 Å². The molecule has 1 fully saturated rings. The van der Waals surface area contributed by atoms with E-state index < -0.39 is 11.8 Å².